The maximum absolute atomic E-state index is 13.7. The molecule has 2 atom stereocenters. The number of ether oxygens (including phenoxy) is 1. The quantitative estimate of drug-likeness (QED) is 0.464. The van der Waals surface area contributed by atoms with Crippen molar-refractivity contribution in [2.24, 2.45) is 5.10 Å². The SMILES string of the molecule is CNC(=O)[C@H]1CN(CC(=O)N2N=C(c3cc4ccccc4o3)C[C@@H]2c2ccco2)c2ccccc2O1. The van der Waals surface area contributed by atoms with Gasteiger partial charge in [0.2, 0.25) is 0 Å². The number of likely N-dealkylation sites (N-methyl/N-ethyl adjacent to an activating group) is 1. The van der Waals surface area contributed by atoms with E-state index in [4.69, 9.17) is 18.7 Å². The number of carbonyl (C=O) groups is 2. The van der Waals surface area contributed by atoms with Crippen LogP contribution in [0.25, 0.3) is 11.0 Å². The summed E-state index contributed by atoms with van der Waals surface area (Å²) in [6.45, 7) is 0.254. The van der Waals surface area contributed by atoms with E-state index in [1.54, 1.807) is 25.4 Å². The molecule has 0 unspecified atom stereocenters. The second-order valence-corrected chi connectivity index (χ2v) is 8.74. The van der Waals surface area contributed by atoms with Crippen LogP contribution < -0.4 is 15.0 Å². The number of carbonyl (C=O) groups excluding carboxylic acids is 2. The minimum atomic E-state index is -0.730. The fourth-order valence-corrected chi connectivity index (χ4v) is 4.71. The highest BCUT2D eigenvalue weighted by Crippen LogP contribution is 2.36. The molecule has 0 fully saturated rings. The summed E-state index contributed by atoms with van der Waals surface area (Å²) in [6, 6.07) is 20.3. The summed E-state index contributed by atoms with van der Waals surface area (Å²) >= 11 is 0. The predicted octanol–water partition coefficient (Wildman–Crippen LogP) is 3.72. The average molecular weight is 485 g/mol. The van der Waals surface area contributed by atoms with Gasteiger partial charge in [-0.2, -0.15) is 5.10 Å². The van der Waals surface area contributed by atoms with E-state index >= 15 is 0 Å². The van der Waals surface area contributed by atoms with Crippen LogP contribution >= 0.6 is 0 Å². The van der Waals surface area contributed by atoms with Gasteiger partial charge in [0.05, 0.1) is 25.0 Å². The van der Waals surface area contributed by atoms with E-state index in [0.29, 0.717) is 29.4 Å². The molecule has 9 nitrogen and oxygen atoms in total. The monoisotopic (exact) mass is 484 g/mol. The molecular weight excluding hydrogens is 460 g/mol. The van der Waals surface area contributed by atoms with Gasteiger partial charge in [0.1, 0.15) is 28.8 Å². The zero-order valence-corrected chi connectivity index (χ0v) is 19.6. The summed E-state index contributed by atoms with van der Waals surface area (Å²) < 4.78 is 17.6. The molecule has 2 aromatic carbocycles. The van der Waals surface area contributed by atoms with Crippen molar-refractivity contribution in [2.45, 2.75) is 18.6 Å². The Bertz CT molecular complexity index is 1420. The fraction of sp³-hybridized carbons (Fsp3) is 0.222. The van der Waals surface area contributed by atoms with E-state index < -0.39 is 12.1 Å². The summed E-state index contributed by atoms with van der Waals surface area (Å²) in [7, 11) is 1.56. The maximum Gasteiger partial charge on any atom is 0.262 e. The third kappa shape index (κ3) is 3.88. The van der Waals surface area contributed by atoms with E-state index in [2.05, 4.69) is 5.32 Å². The number of hydrogen-bond acceptors (Lipinski definition) is 7. The molecule has 0 bridgehead atoms. The fourth-order valence-electron chi connectivity index (χ4n) is 4.71. The lowest BCUT2D eigenvalue weighted by Gasteiger charge is -2.35. The van der Waals surface area contributed by atoms with E-state index in [0.717, 1.165) is 16.7 Å². The second kappa shape index (κ2) is 8.92. The van der Waals surface area contributed by atoms with Crippen LogP contribution in [0.5, 0.6) is 5.75 Å². The smallest absolute Gasteiger partial charge is 0.262 e. The maximum atomic E-state index is 13.7. The number of fused-ring (bicyclic) bond motifs is 2. The van der Waals surface area contributed by atoms with Crippen molar-refractivity contribution in [3.05, 3.63) is 84.5 Å². The molecule has 1 N–H and O–H groups in total. The van der Waals surface area contributed by atoms with E-state index in [1.807, 2.05) is 59.5 Å². The van der Waals surface area contributed by atoms with Crippen LogP contribution in [0.15, 0.2) is 86.9 Å². The van der Waals surface area contributed by atoms with Crippen molar-refractivity contribution in [1.82, 2.24) is 10.3 Å². The Balaban J connectivity index is 1.31. The third-order valence-electron chi connectivity index (χ3n) is 6.47. The van der Waals surface area contributed by atoms with Gasteiger partial charge in [-0.05, 0) is 36.4 Å². The largest absolute Gasteiger partial charge is 0.477 e. The molecule has 2 amide bonds. The number of hydrogen-bond donors (Lipinski definition) is 1. The molecule has 2 aliphatic heterocycles. The van der Waals surface area contributed by atoms with Gasteiger partial charge in [0.25, 0.3) is 11.8 Å². The summed E-state index contributed by atoms with van der Waals surface area (Å²) in [6.07, 6.45) is 1.31. The highest BCUT2D eigenvalue weighted by molar-refractivity contribution is 6.04. The second-order valence-electron chi connectivity index (χ2n) is 8.74. The number of para-hydroxylation sites is 3. The van der Waals surface area contributed by atoms with Gasteiger partial charge in [-0.25, -0.2) is 5.01 Å². The van der Waals surface area contributed by atoms with Crippen LogP contribution in [-0.4, -0.2) is 48.8 Å². The van der Waals surface area contributed by atoms with Crippen LogP contribution in [0.3, 0.4) is 0 Å². The van der Waals surface area contributed by atoms with Crippen molar-refractivity contribution in [3.8, 4) is 5.75 Å². The Labute approximate surface area is 206 Å². The van der Waals surface area contributed by atoms with E-state index in [-0.39, 0.29) is 24.9 Å². The topological polar surface area (TPSA) is 101 Å². The van der Waals surface area contributed by atoms with Crippen molar-refractivity contribution >= 4 is 34.2 Å². The number of anilines is 1. The van der Waals surface area contributed by atoms with Gasteiger partial charge in [0.15, 0.2) is 11.9 Å². The highest BCUT2D eigenvalue weighted by Gasteiger charge is 2.38. The minimum Gasteiger partial charge on any atom is -0.477 e. The van der Waals surface area contributed by atoms with Gasteiger partial charge in [-0.1, -0.05) is 30.3 Å². The number of rotatable bonds is 5. The van der Waals surface area contributed by atoms with Crippen molar-refractivity contribution in [3.63, 3.8) is 0 Å². The molecule has 9 heteroatoms. The zero-order valence-electron chi connectivity index (χ0n) is 19.6. The molecule has 6 rings (SSSR count). The lowest BCUT2D eigenvalue weighted by atomic mass is 10.1. The van der Waals surface area contributed by atoms with Gasteiger partial charge in [-0.15, -0.1) is 0 Å². The Kier molecular flexibility index (Phi) is 5.44. The summed E-state index contributed by atoms with van der Waals surface area (Å²) in [4.78, 5) is 27.9. The Morgan fingerprint density at radius 3 is 2.72 bits per heavy atom. The van der Waals surface area contributed by atoms with Crippen LogP contribution in [0.4, 0.5) is 5.69 Å². The molecule has 2 aliphatic rings. The van der Waals surface area contributed by atoms with Crippen LogP contribution in [0.2, 0.25) is 0 Å². The number of amides is 2. The normalized spacial score (nSPS) is 19.1. The summed E-state index contributed by atoms with van der Waals surface area (Å²) in [5, 5.41) is 9.76. The lowest BCUT2D eigenvalue weighted by molar-refractivity contribution is -0.132. The third-order valence-corrected chi connectivity index (χ3v) is 6.47. The van der Waals surface area contributed by atoms with Crippen molar-refractivity contribution < 1.29 is 23.2 Å². The molecular formula is C27H24N4O5. The van der Waals surface area contributed by atoms with Crippen LogP contribution in [0.1, 0.15) is 24.0 Å². The standard InChI is InChI=1S/C27H24N4O5/c1-28-27(33)25-15-30(19-8-3-5-10-23(19)36-25)16-26(32)31-20(22-11-6-12-34-22)14-18(29-31)24-13-17-7-2-4-9-21(17)35-24/h2-13,20,25H,14-16H2,1H3,(H,28,33)/t20-,25-/m1/s1. The van der Waals surface area contributed by atoms with Gasteiger partial charge < -0.3 is 23.8 Å². The highest BCUT2D eigenvalue weighted by atomic mass is 16.5. The number of hydrazone groups is 1. The van der Waals surface area contributed by atoms with Crippen LogP contribution in [0, 0.1) is 0 Å². The number of nitrogens with zero attached hydrogens (tertiary/aromatic N) is 3. The summed E-state index contributed by atoms with van der Waals surface area (Å²) in [5.74, 6) is 1.35. The van der Waals surface area contributed by atoms with Crippen molar-refractivity contribution in [1.29, 1.82) is 0 Å². The molecule has 2 aromatic heterocycles. The molecule has 4 aromatic rings. The summed E-state index contributed by atoms with van der Waals surface area (Å²) in [5.41, 5.74) is 2.19. The van der Waals surface area contributed by atoms with Crippen molar-refractivity contribution in [2.75, 3.05) is 25.0 Å². The lowest BCUT2D eigenvalue weighted by Crippen LogP contribution is -2.50. The number of furan rings is 2. The van der Waals surface area contributed by atoms with E-state index in [1.165, 1.54) is 5.01 Å². The number of benzene rings is 2. The van der Waals surface area contributed by atoms with Gasteiger partial charge in [0, 0.05) is 18.9 Å². The molecule has 0 saturated heterocycles. The van der Waals surface area contributed by atoms with E-state index in [9.17, 15) is 9.59 Å². The Morgan fingerprint density at radius 1 is 1.08 bits per heavy atom. The van der Waals surface area contributed by atoms with Crippen LogP contribution in [-0.2, 0) is 9.59 Å². The first-order chi connectivity index (χ1) is 17.6. The van der Waals surface area contributed by atoms with Gasteiger partial charge >= 0.3 is 0 Å². The first-order valence-electron chi connectivity index (χ1n) is 11.7. The molecule has 0 saturated carbocycles. The molecule has 36 heavy (non-hydrogen) atoms. The first-order valence-corrected chi connectivity index (χ1v) is 11.7. The zero-order chi connectivity index (χ0) is 24.6. The molecule has 0 radical (unpaired) electrons. The average Bonchev–Trinajstić information content (AvgIpc) is 3.67. The predicted molar refractivity (Wildman–Crippen MR) is 133 cm³/mol. The Morgan fingerprint density at radius 2 is 1.92 bits per heavy atom. The van der Waals surface area contributed by atoms with Gasteiger partial charge in [-0.3, -0.25) is 9.59 Å². The molecule has 4 heterocycles. The molecule has 0 aliphatic carbocycles. The molecule has 182 valence electrons. The Hall–Kier alpha value is -4.53. The number of nitrogens with one attached hydrogen (secondary N) is 1. The molecule has 0 spiro atoms. The minimum absolute atomic E-state index is 0.0159. The first kappa shape index (κ1) is 22.0.